The monoisotopic (exact) mass is 340 g/mol. The van der Waals surface area contributed by atoms with E-state index in [1.807, 2.05) is 0 Å². The van der Waals surface area contributed by atoms with E-state index in [0.717, 1.165) is 4.90 Å². The van der Waals surface area contributed by atoms with Crippen molar-refractivity contribution < 1.29 is 22.3 Å². The molecule has 1 aromatic carbocycles. The zero-order valence-corrected chi connectivity index (χ0v) is 12.9. The first-order valence-electron chi connectivity index (χ1n) is 6.20. The third-order valence-corrected chi connectivity index (χ3v) is 5.69. The minimum atomic E-state index is -3.81. The van der Waals surface area contributed by atoms with Crippen LogP contribution in [0, 0.1) is 0 Å². The molecule has 1 aromatic rings. The molecule has 1 rings (SSSR count). The van der Waals surface area contributed by atoms with E-state index in [1.54, 1.807) is 24.3 Å². The first-order valence-corrected chi connectivity index (χ1v) is 8.80. The summed E-state index contributed by atoms with van der Waals surface area (Å²) < 4.78 is 49.2. The first-order chi connectivity index (χ1) is 9.85. The molecule has 0 saturated heterocycles. The molecule has 3 N–H and O–H groups in total. The fraction of sp³-hybridized carbons (Fsp3) is 0.500. The number of anilines is 1. The van der Waals surface area contributed by atoms with Crippen molar-refractivity contribution in [1.82, 2.24) is 4.31 Å². The summed E-state index contributed by atoms with van der Waals surface area (Å²) in [7, 11) is -3.81. The quantitative estimate of drug-likeness (QED) is 0.522. The number of nitrogens with two attached hydrogens (primary N) is 1. The average Bonchev–Trinajstić information content (AvgIpc) is 2.40. The van der Waals surface area contributed by atoms with Gasteiger partial charge < -0.3 is 10.8 Å². The molecule has 0 fully saturated rings. The zero-order chi connectivity index (χ0) is 15.9. The number of hydrogen-bond acceptors (Lipinski definition) is 5. The molecule has 0 atom stereocenters. The van der Waals surface area contributed by atoms with Crippen LogP contribution in [-0.4, -0.2) is 55.5 Å². The Hall–Kier alpha value is -0.900. The van der Waals surface area contributed by atoms with Crippen LogP contribution in [-0.2, 0) is 10.0 Å². The Bertz CT molecular complexity index is 524. The average molecular weight is 340 g/mol. The summed E-state index contributed by atoms with van der Waals surface area (Å²) in [6, 6.07) is 6.92. The van der Waals surface area contributed by atoms with Crippen molar-refractivity contribution in [2.24, 2.45) is 0 Å². The molecule has 120 valence electrons. The molecule has 5 nitrogen and oxygen atoms in total. The Labute approximate surface area is 127 Å². The summed E-state index contributed by atoms with van der Waals surface area (Å²) in [5, 5.41) is 8.77. The Morgan fingerprint density at radius 2 is 1.90 bits per heavy atom. The molecule has 0 aliphatic carbocycles. The van der Waals surface area contributed by atoms with E-state index in [4.69, 9.17) is 10.8 Å². The molecule has 0 aliphatic heterocycles. The second-order valence-corrected chi connectivity index (χ2v) is 7.46. The van der Waals surface area contributed by atoms with Crippen LogP contribution in [0.4, 0.5) is 14.5 Å². The standard InChI is InChI=1S/C12H18F2N2O3S2/c13-12(14)9-16(5-6-17)21(18,19)8-7-20-11-3-1-10(15)2-4-11/h1-4,12,17H,5-9,15H2. The normalized spacial score (nSPS) is 12.2. The molecular weight excluding hydrogens is 322 g/mol. The van der Waals surface area contributed by atoms with Gasteiger partial charge in [-0.2, -0.15) is 4.31 Å². The van der Waals surface area contributed by atoms with E-state index in [1.165, 1.54) is 11.8 Å². The van der Waals surface area contributed by atoms with Crippen LogP contribution in [0.25, 0.3) is 0 Å². The van der Waals surface area contributed by atoms with Crippen molar-refractivity contribution in [3.8, 4) is 0 Å². The SMILES string of the molecule is Nc1ccc(SCCS(=O)(=O)N(CCO)CC(F)F)cc1. The number of thioether (sulfide) groups is 1. The van der Waals surface area contributed by atoms with E-state index >= 15 is 0 Å². The summed E-state index contributed by atoms with van der Waals surface area (Å²) in [4.78, 5) is 0.849. The van der Waals surface area contributed by atoms with Gasteiger partial charge in [-0.15, -0.1) is 11.8 Å². The Morgan fingerprint density at radius 1 is 1.29 bits per heavy atom. The predicted octanol–water partition coefficient (Wildman–Crippen LogP) is 1.25. The van der Waals surface area contributed by atoms with E-state index < -0.39 is 29.6 Å². The van der Waals surface area contributed by atoms with E-state index in [-0.39, 0.29) is 18.1 Å². The van der Waals surface area contributed by atoms with Crippen LogP contribution < -0.4 is 5.73 Å². The zero-order valence-electron chi connectivity index (χ0n) is 11.3. The molecule has 0 saturated carbocycles. The summed E-state index contributed by atoms with van der Waals surface area (Å²) in [6.07, 6.45) is -2.77. The summed E-state index contributed by atoms with van der Waals surface area (Å²) in [5.41, 5.74) is 6.15. The van der Waals surface area contributed by atoms with Crippen LogP contribution >= 0.6 is 11.8 Å². The van der Waals surface area contributed by atoms with Gasteiger partial charge in [-0.1, -0.05) is 0 Å². The highest BCUT2D eigenvalue weighted by molar-refractivity contribution is 8.00. The fourth-order valence-electron chi connectivity index (χ4n) is 1.57. The highest BCUT2D eigenvalue weighted by Crippen LogP contribution is 2.20. The third kappa shape index (κ3) is 6.60. The maximum Gasteiger partial charge on any atom is 0.252 e. The first kappa shape index (κ1) is 18.1. The van der Waals surface area contributed by atoms with Crippen LogP contribution in [0.3, 0.4) is 0 Å². The van der Waals surface area contributed by atoms with Gasteiger partial charge >= 0.3 is 0 Å². The second-order valence-electron chi connectivity index (χ2n) is 4.21. The number of alkyl halides is 2. The minimum absolute atomic E-state index is 0.234. The van der Waals surface area contributed by atoms with E-state index in [9.17, 15) is 17.2 Å². The smallest absolute Gasteiger partial charge is 0.252 e. The lowest BCUT2D eigenvalue weighted by Crippen LogP contribution is -2.39. The minimum Gasteiger partial charge on any atom is -0.399 e. The number of sulfonamides is 1. The van der Waals surface area contributed by atoms with E-state index in [2.05, 4.69) is 0 Å². The highest BCUT2D eigenvalue weighted by atomic mass is 32.2. The van der Waals surface area contributed by atoms with Gasteiger partial charge in [-0.25, -0.2) is 17.2 Å². The van der Waals surface area contributed by atoms with Gasteiger partial charge in [0.15, 0.2) is 0 Å². The number of benzene rings is 1. The number of nitrogens with zero attached hydrogens (tertiary/aromatic N) is 1. The number of aliphatic hydroxyl groups excluding tert-OH is 1. The molecule has 0 aliphatic rings. The van der Waals surface area contributed by atoms with Crippen molar-refractivity contribution in [1.29, 1.82) is 0 Å². The highest BCUT2D eigenvalue weighted by Gasteiger charge is 2.24. The Balaban J connectivity index is 2.55. The molecule has 0 aromatic heterocycles. The van der Waals surface area contributed by atoms with Gasteiger partial charge in [0.25, 0.3) is 6.43 Å². The van der Waals surface area contributed by atoms with Crippen LogP contribution in [0.15, 0.2) is 29.2 Å². The Morgan fingerprint density at radius 3 is 2.43 bits per heavy atom. The van der Waals surface area contributed by atoms with Gasteiger partial charge in [-0.05, 0) is 24.3 Å². The van der Waals surface area contributed by atoms with Crippen LogP contribution in [0.2, 0.25) is 0 Å². The summed E-state index contributed by atoms with van der Waals surface area (Å²) in [5.74, 6) is -0.0355. The van der Waals surface area contributed by atoms with Gasteiger partial charge in [-0.3, -0.25) is 0 Å². The second kappa shape index (κ2) is 8.52. The number of halogens is 2. The number of aliphatic hydroxyl groups is 1. The topological polar surface area (TPSA) is 83.6 Å². The lowest BCUT2D eigenvalue weighted by molar-refractivity contribution is 0.113. The molecule has 9 heteroatoms. The predicted molar refractivity (Wildman–Crippen MR) is 80.0 cm³/mol. The molecule has 0 unspecified atom stereocenters. The molecule has 0 radical (unpaired) electrons. The molecule has 0 amide bonds. The molecule has 0 bridgehead atoms. The lowest BCUT2D eigenvalue weighted by Gasteiger charge is -2.20. The summed E-state index contributed by atoms with van der Waals surface area (Å²) >= 11 is 1.30. The van der Waals surface area contributed by atoms with Gasteiger partial charge in [0.05, 0.1) is 18.9 Å². The van der Waals surface area contributed by atoms with Crippen molar-refractivity contribution in [2.75, 3.05) is 36.9 Å². The Kier molecular flexibility index (Phi) is 7.36. The summed E-state index contributed by atoms with van der Waals surface area (Å²) in [6.45, 7) is -1.70. The van der Waals surface area contributed by atoms with Crippen molar-refractivity contribution in [2.45, 2.75) is 11.3 Å². The number of hydrogen-bond donors (Lipinski definition) is 2. The molecular formula is C12H18F2N2O3S2. The third-order valence-electron chi connectivity index (χ3n) is 2.57. The molecule has 0 heterocycles. The van der Waals surface area contributed by atoms with Crippen molar-refractivity contribution in [3.63, 3.8) is 0 Å². The van der Waals surface area contributed by atoms with Crippen molar-refractivity contribution >= 4 is 27.5 Å². The van der Waals surface area contributed by atoms with Gasteiger partial charge in [0.2, 0.25) is 10.0 Å². The molecule has 21 heavy (non-hydrogen) atoms. The number of nitrogen functional groups attached to an aromatic ring is 1. The van der Waals surface area contributed by atoms with Gasteiger partial charge in [0.1, 0.15) is 0 Å². The maximum atomic E-state index is 12.4. The van der Waals surface area contributed by atoms with Gasteiger partial charge in [0, 0.05) is 22.9 Å². The van der Waals surface area contributed by atoms with Crippen molar-refractivity contribution in [3.05, 3.63) is 24.3 Å². The van der Waals surface area contributed by atoms with E-state index in [0.29, 0.717) is 9.99 Å². The fourth-order valence-corrected chi connectivity index (χ4v) is 4.27. The number of rotatable bonds is 9. The molecule has 0 spiro atoms. The maximum absolute atomic E-state index is 12.4. The van der Waals surface area contributed by atoms with Crippen LogP contribution in [0.5, 0.6) is 0 Å². The largest absolute Gasteiger partial charge is 0.399 e. The lowest BCUT2D eigenvalue weighted by atomic mass is 10.3. The van der Waals surface area contributed by atoms with Crippen LogP contribution in [0.1, 0.15) is 0 Å².